The van der Waals surface area contributed by atoms with Gasteiger partial charge in [-0.3, -0.25) is 4.79 Å². The Labute approximate surface area is 77.4 Å². The van der Waals surface area contributed by atoms with Crippen LogP contribution in [-0.2, 0) is 11.3 Å². The van der Waals surface area contributed by atoms with E-state index in [1.54, 1.807) is 12.3 Å². The van der Waals surface area contributed by atoms with Crippen molar-refractivity contribution in [3.8, 4) is 0 Å². The Kier molecular flexibility index (Phi) is 3.37. The highest BCUT2D eigenvalue weighted by Crippen LogP contribution is 1.94. The molecule has 0 unspecified atom stereocenters. The first-order valence-corrected chi connectivity index (χ1v) is 4.22. The quantitative estimate of drug-likeness (QED) is 0.744. The minimum absolute atomic E-state index is 0.0156. The molecule has 0 aliphatic rings. The Morgan fingerprint density at radius 3 is 2.92 bits per heavy atom. The van der Waals surface area contributed by atoms with E-state index in [0.29, 0.717) is 6.54 Å². The maximum atomic E-state index is 11.2. The molecule has 0 aliphatic heterocycles. The molecule has 1 heterocycles. The van der Waals surface area contributed by atoms with Crippen LogP contribution in [0, 0.1) is 5.92 Å². The van der Waals surface area contributed by atoms with Crippen LogP contribution in [-0.4, -0.2) is 15.9 Å². The van der Waals surface area contributed by atoms with Crippen LogP contribution in [0.15, 0.2) is 18.6 Å². The molecule has 70 valence electrons. The molecule has 4 heteroatoms. The topological polar surface area (TPSA) is 54.9 Å². The van der Waals surface area contributed by atoms with Crippen molar-refractivity contribution in [3.63, 3.8) is 0 Å². The molecule has 4 nitrogen and oxygen atoms in total. The fraction of sp³-hybridized carbons (Fsp3) is 0.444. The zero-order valence-electron chi connectivity index (χ0n) is 7.82. The standard InChI is InChI=1S/C9H13N3O/c1-7(2)9(13)11-5-8-3-4-10-6-12-8/h3-4,6-7H,5H2,1-2H3,(H,11,13). The van der Waals surface area contributed by atoms with E-state index in [1.807, 2.05) is 13.8 Å². The minimum Gasteiger partial charge on any atom is -0.350 e. The SMILES string of the molecule is CC(C)C(=O)NCc1ccncn1. The lowest BCUT2D eigenvalue weighted by Gasteiger charge is -2.06. The van der Waals surface area contributed by atoms with Crippen molar-refractivity contribution in [2.24, 2.45) is 5.92 Å². The molecule has 0 saturated heterocycles. The second-order valence-corrected chi connectivity index (χ2v) is 3.07. The average molecular weight is 179 g/mol. The summed E-state index contributed by atoms with van der Waals surface area (Å²) in [4.78, 5) is 18.9. The molecule has 1 aromatic rings. The van der Waals surface area contributed by atoms with Gasteiger partial charge < -0.3 is 5.32 Å². The van der Waals surface area contributed by atoms with Gasteiger partial charge in [-0.25, -0.2) is 9.97 Å². The van der Waals surface area contributed by atoms with E-state index >= 15 is 0 Å². The fourth-order valence-electron chi connectivity index (χ4n) is 0.804. The Bertz CT molecular complexity index is 271. The second kappa shape index (κ2) is 4.54. The molecule has 0 bridgehead atoms. The zero-order chi connectivity index (χ0) is 9.68. The highest BCUT2D eigenvalue weighted by atomic mass is 16.1. The summed E-state index contributed by atoms with van der Waals surface area (Å²) >= 11 is 0. The molecular weight excluding hydrogens is 166 g/mol. The van der Waals surface area contributed by atoms with Crippen molar-refractivity contribution in [2.75, 3.05) is 0 Å². The summed E-state index contributed by atoms with van der Waals surface area (Å²) in [5, 5.41) is 2.77. The van der Waals surface area contributed by atoms with Crippen LogP contribution in [0.1, 0.15) is 19.5 Å². The number of nitrogens with one attached hydrogen (secondary N) is 1. The van der Waals surface area contributed by atoms with E-state index in [1.165, 1.54) is 6.33 Å². The summed E-state index contributed by atoms with van der Waals surface area (Å²) in [6.07, 6.45) is 3.13. The third-order valence-corrected chi connectivity index (χ3v) is 1.61. The predicted octanol–water partition coefficient (Wildman–Crippen LogP) is 0.749. The summed E-state index contributed by atoms with van der Waals surface area (Å²) < 4.78 is 0. The number of carbonyl (C=O) groups excluding carboxylic acids is 1. The van der Waals surface area contributed by atoms with E-state index in [0.717, 1.165) is 5.69 Å². The van der Waals surface area contributed by atoms with Crippen molar-refractivity contribution >= 4 is 5.91 Å². The molecule has 1 N–H and O–H groups in total. The van der Waals surface area contributed by atoms with Gasteiger partial charge in [-0.15, -0.1) is 0 Å². The van der Waals surface area contributed by atoms with Crippen LogP contribution in [0.3, 0.4) is 0 Å². The molecule has 0 radical (unpaired) electrons. The molecule has 0 aromatic carbocycles. The lowest BCUT2D eigenvalue weighted by Crippen LogP contribution is -2.27. The minimum atomic E-state index is 0.0156. The highest BCUT2D eigenvalue weighted by molar-refractivity contribution is 5.77. The van der Waals surface area contributed by atoms with Gasteiger partial charge in [0.2, 0.25) is 5.91 Å². The lowest BCUT2D eigenvalue weighted by molar-refractivity contribution is -0.124. The first kappa shape index (κ1) is 9.64. The van der Waals surface area contributed by atoms with Crippen molar-refractivity contribution in [3.05, 3.63) is 24.3 Å². The van der Waals surface area contributed by atoms with Gasteiger partial charge in [0.25, 0.3) is 0 Å². The van der Waals surface area contributed by atoms with Crippen LogP contribution >= 0.6 is 0 Å². The first-order valence-electron chi connectivity index (χ1n) is 4.22. The smallest absolute Gasteiger partial charge is 0.222 e. The van der Waals surface area contributed by atoms with Crippen LogP contribution in [0.5, 0.6) is 0 Å². The van der Waals surface area contributed by atoms with E-state index in [4.69, 9.17) is 0 Å². The molecular formula is C9H13N3O. The number of amides is 1. The number of carbonyl (C=O) groups is 1. The zero-order valence-corrected chi connectivity index (χ0v) is 7.82. The molecule has 1 aromatic heterocycles. The van der Waals surface area contributed by atoms with Crippen LogP contribution in [0.4, 0.5) is 0 Å². The van der Waals surface area contributed by atoms with Crippen molar-refractivity contribution in [1.82, 2.24) is 15.3 Å². The second-order valence-electron chi connectivity index (χ2n) is 3.07. The van der Waals surface area contributed by atoms with E-state index in [2.05, 4.69) is 15.3 Å². The van der Waals surface area contributed by atoms with E-state index in [9.17, 15) is 4.79 Å². The van der Waals surface area contributed by atoms with Gasteiger partial charge in [-0.1, -0.05) is 13.8 Å². The van der Waals surface area contributed by atoms with Gasteiger partial charge in [0.1, 0.15) is 6.33 Å². The highest BCUT2D eigenvalue weighted by Gasteiger charge is 2.05. The number of hydrogen-bond donors (Lipinski definition) is 1. The van der Waals surface area contributed by atoms with Crippen molar-refractivity contribution in [2.45, 2.75) is 20.4 Å². The third-order valence-electron chi connectivity index (χ3n) is 1.61. The van der Waals surface area contributed by atoms with Gasteiger partial charge in [-0.2, -0.15) is 0 Å². The predicted molar refractivity (Wildman–Crippen MR) is 48.7 cm³/mol. The van der Waals surface area contributed by atoms with Gasteiger partial charge in [-0.05, 0) is 6.07 Å². The molecule has 0 saturated carbocycles. The van der Waals surface area contributed by atoms with E-state index in [-0.39, 0.29) is 11.8 Å². The Hall–Kier alpha value is -1.45. The molecule has 0 aliphatic carbocycles. The summed E-state index contributed by atoms with van der Waals surface area (Å²) in [7, 11) is 0. The molecule has 13 heavy (non-hydrogen) atoms. The molecule has 0 fully saturated rings. The van der Waals surface area contributed by atoms with Crippen LogP contribution in [0.2, 0.25) is 0 Å². The Balaban J connectivity index is 2.40. The molecule has 1 amide bonds. The molecule has 1 rings (SSSR count). The maximum Gasteiger partial charge on any atom is 0.222 e. The summed E-state index contributed by atoms with van der Waals surface area (Å²) in [6.45, 7) is 4.18. The van der Waals surface area contributed by atoms with E-state index < -0.39 is 0 Å². The maximum absolute atomic E-state index is 11.2. The normalized spacial score (nSPS) is 10.1. The third kappa shape index (κ3) is 3.19. The number of nitrogens with zero attached hydrogens (tertiary/aromatic N) is 2. The summed E-state index contributed by atoms with van der Waals surface area (Å²) in [6, 6.07) is 1.78. The molecule has 0 spiro atoms. The van der Waals surface area contributed by atoms with Crippen LogP contribution < -0.4 is 5.32 Å². The van der Waals surface area contributed by atoms with Gasteiger partial charge in [0, 0.05) is 12.1 Å². The summed E-state index contributed by atoms with van der Waals surface area (Å²) in [5.74, 6) is 0.0560. The average Bonchev–Trinajstić information content (AvgIpc) is 2.15. The number of rotatable bonds is 3. The monoisotopic (exact) mass is 179 g/mol. The molecule has 0 atom stereocenters. The van der Waals surface area contributed by atoms with Gasteiger partial charge in [0.15, 0.2) is 0 Å². The van der Waals surface area contributed by atoms with Crippen LogP contribution in [0.25, 0.3) is 0 Å². The first-order chi connectivity index (χ1) is 6.20. The number of aromatic nitrogens is 2. The van der Waals surface area contributed by atoms with Crippen molar-refractivity contribution < 1.29 is 4.79 Å². The van der Waals surface area contributed by atoms with Gasteiger partial charge in [0.05, 0.1) is 12.2 Å². The Morgan fingerprint density at radius 2 is 2.38 bits per heavy atom. The lowest BCUT2D eigenvalue weighted by atomic mass is 10.2. The fourth-order valence-corrected chi connectivity index (χ4v) is 0.804. The Morgan fingerprint density at radius 1 is 1.62 bits per heavy atom. The largest absolute Gasteiger partial charge is 0.350 e. The summed E-state index contributed by atoms with van der Waals surface area (Å²) in [5.41, 5.74) is 0.823. The van der Waals surface area contributed by atoms with Crippen molar-refractivity contribution in [1.29, 1.82) is 0 Å². The number of hydrogen-bond acceptors (Lipinski definition) is 3. The van der Waals surface area contributed by atoms with Gasteiger partial charge >= 0.3 is 0 Å².